The van der Waals surface area contributed by atoms with E-state index in [1.54, 1.807) is 0 Å². The summed E-state index contributed by atoms with van der Waals surface area (Å²) in [4.78, 5) is 0. The third-order valence-corrected chi connectivity index (χ3v) is 2.68. The van der Waals surface area contributed by atoms with Gasteiger partial charge in [0.2, 0.25) is 5.92 Å². The predicted molar refractivity (Wildman–Crippen MR) is 47.4 cm³/mol. The molecule has 0 nitrogen and oxygen atoms in total. The normalized spacial score (nSPS) is 15.0. The zero-order valence-electron chi connectivity index (χ0n) is 7.04. The molecule has 0 aliphatic carbocycles. The maximum absolute atomic E-state index is 12.3. The third-order valence-electron chi connectivity index (χ3n) is 1.58. The fourth-order valence-corrected chi connectivity index (χ4v) is 1.16. The second-order valence-corrected chi connectivity index (χ2v) is 3.87. The average Bonchev–Trinajstić information content (AvgIpc) is 1.85. The van der Waals surface area contributed by atoms with E-state index in [9.17, 15) is 8.78 Å². The van der Waals surface area contributed by atoms with Gasteiger partial charge < -0.3 is 0 Å². The molecule has 0 aliphatic heterocycles. The van der Waals surface area contributed by atoms with Crippen molar-refractivity contribution in [1.82, 2.24) is 0 Å². The summed E-state index contributed by atoms with van der Waals surface area (Å²) in [6.07, 6.45) is 1.52. The van der Waals surface area contributed by atoms with Gasteiger partial charge in [0.1, 0.15) is 0 Å². The van der Waals surface area contributed by atoms with Crippen molar-refractivity contribution < 1.29 is 8.78 Å². The Hall–Kier alpha value is 0.340. The lowest BCUT2D eigenvalue weighted by Crippen LogP contribution is -2.09. The van der Waals surface area contributed by atoms with Crippen LogP contribution in [0.4, 0.5) is 8.78 Å². The monoisotopic (exact) mass is 228 g/mol. The summed E-state index contributed by atoms with van der Waals surface area (Å²) < 4.78 is 24.5. The number of halogens is 3. The van der Waals surface area contributed by atoms with Gasteiger partial charge in [-0.1, -0.05) is 22.9 Å². The van der Waals surface area contributed by atoms with E-state index in [2.05, 4.69) is 22.9 Å². The molecule has 0 bridgehead atoms. The number of alkyl halides is 3. The number of rotatable bonds is 5. The predicted octanol–water partition coefficient (Wildman–Crippen LogP) is 3.84. The van der Waals surface area contributed by atoms with Crippen molar-refractivity contribution in [3.63, 3.8) is 0 Å². The minimum atomic E-state index is -2.48. The largest absolute Gasteiger partial charge is 0.245 e. The maximum Gasteiger partial charge on any atom is 0.245 e. The van der Waals surface area contributed by atoms with Gasteiger partial charge in [-0.2, -0.15) is 0 Å². The molecule has 0 rings (SSSR count). The van der Waals surface area contributed by atoms with Crippen molar-refractivity contribution in [2.45, 2.75) is 39.0 Å². The Kier molecular flexibility index (Phi) is 5.23. The van der Waals surface area contributed by atoms with E-state index in [0.717, 1.165) is 18.7 Å². The molecule has 0 heterocycles. The average molecular weight is 229 g/mol. The fraction of sp³-hybridized carbons (Fsp3) is 1.00. The van der Waals surface area contributed by atoms with Crippen molar-refractivity contribution in [2.24, 2.45) is 5.92 Å². The summed E-state index contributed by atoms with van der Waals surface area (Å²) in [5.41, 5.74) is 0. The molecule has 3 heteroatoms. The topological polar surface area (TPSA) is 0 Å². The molecule has 0 fully saturated rings. The minimum absolute atomic E-state index is 0.0182. The van der Waals surface area contributed by atoms with Crippen molar-refractivity contribution in [3.8, 4) is 0 Å². The molecule has 11 heavy (non-hydrogen) atoms. The van der Waals surface area contributed by atoms with E-state index in [0.29, 0.717) is 12.3 Å². The number of hydrogen-bond donors (Lipinski definition) is 0. The first-order chi connectivity index (χ1) is 4.95. The van der Waals surface area contributed by atoms with Crippen LogP contribution in [0.5, 0.6) is 0 Å². The smallest absolute Gasteiger partial charge is 0.207 e. The first-order valence-corrected chi connectivity index (χ1v) is 5.01. The molecule has 0 amide bonds. The van der Waals surface area contributed by atoms with Crippen LogP contribution in [0.1, 0.15) is 33.1 Å². The number of hydrogen-bond acceptors (Lipinski definition) is 0. The Labute approximate surface area is 75.5 Å². The molecule has 0 spiro atoms. The van der Waals surface area contributed by atoms with E-state index in [1.807, 2.05) is 0 Å². The zero-order chi connectivity index (χ0) is 8.91. The molecule has 0 radical (unpaired) electrons. The second-order valence-electron chi connectivity index (χ2n) is 3.22. The van der Waals surface area contributed by atoms with E-state index >= 15 is 0 Å². The third kappa shape index (κ3) is 8.24. The van der Waals surface area contributed by atoms with Crippen molar-refractivity contribution in [1.29, 1.82) is 0 Å². The van der Waals surface area contributed by atoms with Gasteiger partial charge in [0.25, 0.3) is 0 Å². The van der Waals surface area contributed by atoms with Gasteiger partial charge in [-0.05, 0) is 25.7 Å². The van der Waals surface area contributed by atoms with E-state index in [4.69, 9.17) is 0 Å². The van der Waals surface area contributed by atoms with Gasteiger partial charge in [0, 0.05) is 11.8 Å². The summed E-state index contributed by atoms with van der Waals surface area (Å²) in [6.45, 7) is 3.04. The van der Waals surface area contributed by atoms with Gasteiger partial charge in [-0.3, -0.25) is 0 Å². The quantitative estimate of drug-likeness (QED) is 0.628. The van der Waals surface area contributed by atoms with Crippen molar-refractivity contribution in [2.75, 3.05) is 5.33 Å². The Balaban J connectivity index is 3.28. The highest BCUT2D eigenvalue weighted by Gasteiger charge is 2.20. The molecular formula is C8H15BrF2. The van der Waals surface area contributed by atoms with E-state index < -0.39 is 5.92 Å². The zero-order valence-corrected chi connectivity index (χ0v) is 8.63. The van der Waals surface area contributed by atoms with Gasteiger partial charge in [0.05, 0.1) is 0 Å². The Morgan fingerprint density at radius 2 is 2.00 bits per heavy atom. The van der Waals surface area contributed by atoms with Crippen LogP contribution < -0.4 is 0 Å². The van der Waals surface area contributed by atoms with Gasteiger partial charge in [-0.15, -0.1) is 0 Å². The molecule has 68 valence electrons. The second kappa shape index (κ2) is 5.07. The van der Waals surface area contributed by atoms with Crippen LogP contribution in [0, 0.1) is 5.92 Å². The molecule has 0 aromatic carbocycles. The van der Waals surface area contributed by atoms with Crippen LogP contribution in [-0.2, 0) is 0 Å². The summed E-state index contributed by atoms with van der Waals surface area (Å²) in [5, 5.41) is 0.905. The van der Waals surface area contributed by atoms with Gasteiger partial charge >= 0.3 is 0 Å². The van der Waals surface area contributed by atoms with E-state index in [-0.39, 0.29) is 6.42 Å². The van der Waals surface area contributed by atoms with Gasteiger partial charge in [-0.25, -0.2) is 8.78 Å². The summed E-state index contributed by atoms with van der Waals surface area (Å²) >= 11 is 3.31. The van der Waals surface area contributed by atoms with Crippen molar-refractivity contribution >= 4 is 15.9 Å². The van der Waals surface area contributed by atoms with Crippen LogP contribution in [0.3, 0.4) is 0 Å². The molecule has 0 saturated heterocycles. The summed E-state index contributed by atoms with van der Waals surface area (Å²) in [5.74, 6) is -1.97. The highest BCUT2D eigenvalue weighted by atomic mass is 79.9. The molecule has 1 unspecified atom stereocenters. The van der Waals surface area contributed by atoms with E-state index in [1.165, 1.54) is 0 Å². The SMILES string of the molecule is CC(CBr)CCCC(C)(F)F. The first-order valence-electron chi connectivity index (χ1n) is 3.89. The summed E-state index contributed by atoms with van der Waals surface area (Å²) in [7, 11) is 0. The lowest BCUT2D eigenvalue weighted by atomic mass is 10.0. The maximum atomic E-state index is 12.3. The Morgan fingerprint density at radius 1 is 1.45 bits per heavy atom. The van der Waals surface area contributed by atoms with Crippen LogP contribution in [0.25, 0.3) is 0 Å². The van der Waals surface area contributed by atoms with Crippen LogP contribution in [0.2, 0.25) is 0 Å². The lowest BCUT2D eigenvalue weighted by Gasteiger charge is -2.11. The molecule has 0 aromatic heterocycles. The molecule has 0 aromatic rings. The molecular weight excluding hydrogens is 214 g/mol. The van der Waals surface area contributed by atoms with Crippen molar-refractivity contribution in [3.05, 3.63) is 0 Å². The first kappa shape index (κ1) is 11.3. The standard InChI is InChI=1S/C8H15BrF2/c1-7(6-9)4-3-5-8(2,10)11/h7H,3-6H2,1-2H3. The lowest BCUT2D eigenvalue weighted by molar-refractivity contribution is 0.00979. The molecule has 0 aliphatic rings. The Bertz CT molecular complexity index is 98.8. The van der Waals surface area contributed by atoms with Crippen LogP contribution >= 0.6 is 15.9 Å². The summed E-state index contributed by atoms with van der Waals surface area (Å²) in [6, 6.07) is 0. The molecule has 0 N–H and O–H groups in total. The van der Waals surface area contributed by atoms with Crippen LogP contribution in [-0.4, -0.2) is 11.3 Å². The van der Waals surface area contributed by atoms with Crippen LogP contribution in [0.15, 0.2) is 0 Å². The minimum Gasteiger partial charge on any atom is -0.207 e. The Morgan fingerprint density at radius 3 is 2.36 bits per heavy atom. The molecule has 1 atom stereocenters. The molecule has 0 saturated carbocycles. The highest BCUT2D eigenvalue weighted by molar-refractivity contribution is 9.09. The fourth-order valence-electron chi connectivity index (χ4n) is 0.838. The highest BCUT2D eigenvalue weighted by Crippen LogP contribution is 2.21. The van der Waals surface area contributed by atoms with Gasteiger partial charge in [0.15, 0.2) is 0 Å².